The van der Waals surface area contributed by atoms with E-state index in [2.05, 4.69) is 159 Å². The number of hydrogen-bond donors (Lipinski definition) is 0. The molecule has 0 saturated heterocycles. The van der Waals surface area contributed by atoms with E-state index in [9.17, 15) is 0 Å². The minimum Gasteiger partial charge on any atom is -0.309 e. The van der Waals surface area contributed by atoms with Crippen LogP contribution < -0.4 is 0 Å². The first-order chi connectivity index (χ1) is 30.7. The molecule has 6 heteroatoms. The molecule has 290 valence electrons. The highest BCUT2D eigenvalue weighted by atomic mass is 15.2. The normalized spacial score (nSPS) is 12.6. The van der Waals surface area contributed by atoms with E-state index in [0.717, 1.165) is 68.6 Å². The van der Waals surface area contributed by atoms with Crippen LogP contribution in [-0.4, -0.2) is 29.1 Å². The van der Waals surface area contributed by atoms with Crippen molar-refractivity contribution in [3.05, 3.63) is 199 Å². The zero-order chi connectivity index (χ0) is 40.7. The van der Waals surface area contributed by atoms with Gasteiger partial charge in [-0.15, -0.1) is 0 Å². The molecule has 12 aromatic rings. The van der Waals surface area contributed by atoms with Gasteiger partial charge in [0.2, 0.25) is 5.95 Å². The number of nitrogens with zero attached hydrogens (tertiary/aromatic N) is 6. The van der Waals surface area contributed by atoms with Crippen molar-refractivity contribution in [2.24, 2.45) is 0 Å². The van der Waals surface area contributed by atoms with Gasteiger partial charge in [0.05, 0.1) is 44.8 Å². The fraction of sp³-hybridized carbons (Fsp3) is 0.0357. The van der Waals surface area contributed by atoms with Gasteiger partial charge in [-0.25, -0.2) is 9.97 Å². The Morgan fingerprint density at radius 2 is 0.935 bits per heavy atom. The summed E-state index contributed by atoms with van der Waals surface area (Å²) in [6.45, 7) is 0. The number of aryl methyl sites for hydroxylation is 1. The molecule has 0 radical (unpaired) electrons. The molecule has 0 amide bonds. The Bertz CT molecular complexity index is 3750. The van der Waals surface area contributed by atoms with E-state index >= 15 is 0 Å². The Kier molecular flexibility index (Phi) is 7.63. The van der Waals surface area contributed by atoms with Crippen LogP contribution in [0.25, 0.3) is 117 Å². The maximum Gasteiger partial charge on any atom is 0.235 e. The van der Waals surface area contributed by atoms with Gasteiger partial charge in [-0.3, -0.25) is 14.5 Å². The molecule has 0 saturated carbocycles. The standard InChI is InChI=1S/C56H36N6/c1-2-15-40-38(13-1)39-14-3-4-16-41(39)45-33-37(25-26-42(40)45)61-52-21-7-5-17-43(52)46-31-35(23-27-54(46)61)36-24-28-55-47(32-36)44-18-6-8-22-53(44)62(55)56-59-50(48-19-9-11-29-57-48)34-51(60-56)49-20-10-12-30-58-49/h1-2,4-13,15-34H,3,14H2. The summed E-state index contributed by atoms with van der Waals surface area (Å²) in [7, 11) is 0. The summed E-state index contributed by atoms with van der Waals surface area (Å²) in [5, 5.41) is 10.0. The minimum atomic E-state index is 0.570. The van der Waals surface area contributed by atoms with Crippen LogP contribution in [0.5, 0.6) is 0 Å². The first-order valence-corrected chi connectivity index (χ1v) is 21.2. The van der Waals surface area contributed by atoms with Crippen molar-refractivity contribution in [2.45, 2.75) is 12.8 Å². The van der Waals surface area contributed by atoms with E-state index in [1.165, 1.54) is 60.2 Å². The quantitative estimate of drug-likeness (QED) is 0.163. The van der Waals surface area contributed by atoms with E-state index in [1.807, 2.05) is 42.5 Å². The zero-order valence-electron chi connectivity index (χ0n) is 33.6. The number of fused-ring (bicyclic) bond motifs is 12. The molecule has 5 aromatic heterocycles. The van der Waals surface area contributed by atoms with Crippen molar-refractivity contribution < 1.29 is 0 Å². The Morgan fingerprint density at radius 3 is 1.58 bits per heavy atom. The molecular weight excluding hydrogens is 757 g/mol. The highest BCUT2D eigenvalue weighted by Gasteiger charge is 2.21. The highest BCUT2D eigenvalue weighted by molar-refractivity contribution is 6.15. The topological polar surface area (TPSA) is 61.4 Å². The molecule has 0 spiro atoms. The van der Waals surface area contributed by atoms with E-state index in [4.69, 9.17) is 9.97 Å². The molecule has 0 aliphatic heterocycles. The number of benzene rings is 7. The third kappa shape index (κ3) is 5.30. The van der Waals surface area contributed by atoms with Crippen LogP contribution in [0.2, 0.25) is 0 Å². The molecule has 1 aliphatic rings. The smallest absolute Gasteiger partial charge is 0.235 e. The molecule has 1 aliphatic carbocycles. The predicted octanol–water partition coefficient (Wildman–Crippen LogP) is 13.7. The molecule has 13 rings (SSSR count). The third-order valence-corrected chi connectivity index (χ3v) is 12.7. The van der Waals surface area contributed by atoms with Gasteiger partial charge < -0.3 is 4.57 Å². The highest BCUT2D eigenvalue weighted by Crippen LogP contribution is 2.41. The lowest BCUT2D eigenvalue weighted by Crippen LogP contribution is -2.04. The zero-order valence-corrected chi connectivity index (χ0v) is 33.6. The molecule has 7 aromatic carbocycles. The first-order valence-electron chi connectivity index (χ1n) is 21.2. The van der Waals surface area contributed by atoms with Crippen LogP contribution in [0, 0.1) is 0 Å². The van der Waals surface area contributed by atoms with Gasteiger partial charge in [-0.05, 0) is 136 Å². The van der Waals surface area contributed by atoms with E-state index < -0.39 is 0 Å². The Morgan fingerprint density at radius 1 is 0.387 bits per heavy atom. The second-order valence-electron chi connectivity index (χ2n) is 16.1. The molecule has 0 atom stereocenters. The van der Waals surface area contributed by atoms with Gasteiger partial charge in [0.25, 0.3) is 0 Å². The number of rotatable bonds is 5. The summed E-state index contributed by atoms with van der Waals surface area (Å²) >= 11 is 0. The van der Waals surface area contributed by atoms with E-state index in [1.54, 1.807) is 12.4 Å². The SMILES string of the molecule is C1=Cc2c(c3ccccc3c3ccc(-n4c5ccccc5c5cc(-c6ccc7c(c6)c6ccccc6n7-c6nc(-c7ccccn7)cc(-c7ccccn7)n6)ccc54)cc23)CC1. The monoisotopic (exact) mass is 792 g/mol. The predicted molar refractivity (Wildman–Crippen MR) is 255 cm³/mol. The molecule has 0 fully saturated rings. The molecule has 0 unspecified atom stereocenters. The molecule has 6 nitrogen and oxygen atoms in total. The maximum absolute atomic E-state index is 5.15. The van der Waals surface area contributed by atoms with Gasteiger partial charge in [-0.2, -0.15) is 0 Å². The molecular formula is C56H36N6. The third-order valence-electron chi connectivity index (χ3n) is 12.7. The first kappa shape index (κ1) is 34.6. The van der Waals surface area contributed by atoms with Gasteiger partial charge in [0, 0.05) is 39.6 Å². The van der Waals surface area contributed by atoms with Crippen LogP contribution in [0.3, 0.4) is 0 Å². The molecule has 0 N–H and O–H groups in total. The Balaban J connectivity index is 0.974. The van der Waals surface area contributed by atoms with Crippen molar-refractivity contribution >= 4 is 71.2 Å². The summed E-state index contributed by atoms with van der Waals surface area (Å²) in [6.07, 6.45) is 10.4. The molecule has 0 bridgehead atoms. The largest absolute Gasteiger partial charge is 0.309 e. The maximum atomic E-state index is 5.15. The minimum absolute atomic E-state index is 0.570. The van der Waals surface area contributed by atoms with E-state index in [-0.39, 0.29) is 0 Å². The number of hydrogen-bond acceptors (Lipinski definition) is 4. The number of pyridine rings is 2. The van der Waals surface area contributed by atoms with Crippen LogP contribution in [-0.2, 0) is 6.42 Å². The van der Waals surface area contributed by atoms with Crippen LogP contribution in [0.15, 0.2) is 188 Å². The van der Waals surface area contributed by atoms with Gasteiger partial charge in [0.15, 0.2) is 0 Å². The van der Waals surface area contributed by atoms with Crippen molar-refractivity contribution in [3.63, 3.8) is 0 Å². The fourth-order valence-corrected chi connectivity index (χ4v) is 9.93. The summed E-state index contributed by atoms with van der Waals surface area (Å²) in [6, 6.07) is 60.7. The lowest BCUT2D eigenvalue weighted by Gasteiger charge is -2.19. The summed E-state index contributed by atoms with van der Waals surface area (Å²) in [5.74, 6) is 0.570. The van der Waals surface area contributed by atoms with Crippen LogP contribution >= 0.6 is 0 Å². The van der Waals surface area contributed by atoms with Gasteiger partial charge in [-0.1, -0.05) is 103 Å². The average molecular weight is 793 g/mol. The summed E-state index contributed by atoms with van der Waals surface area (Å²) in [4.78, 5) is 19.6. The summed E-state index contributed by atoms with van der Waals surface area (Å²) < 4.78 is 4.61. The lowest BCUT2D eigenvalue weighted by atomic mass is 9.86. The summed E-state index contributed by atoms with van der Waals surface area (Å²) in [5.41, 5.74) is 13.8. The molecule has 62 heavy (non-hydrogen) atoms. The number of allylic oxidation sites excluding steroid dienone is 1. The number of para-hydroxylation sites is 2. The van der Waals surface area contributed by atoms with Gasteiger partial charge in [0.1, 0.15) is 0 Å². The average Bonchev–Trinajstić information content (AvgIpc) is 3.86. The van der Waals surface area contributed by atoms with E-state index in [0.29, 0.717) is 5.95 Å². The Labute approximate surface area is 356 Å². The van der Waals surface area contributed by atoms with Crippen molar-refractivity contribution in [1.29, 1.82) is 0 Å². The fourth-order valence-electron chi connectivity index (χ4n) is 9.93. The second-order valence-corrected chi connectivity index (χ2v) is 16.1. The van der Waals surface area contributed by atoms with Gasteiger partial charge >= 0.3 is 0 Å². The lowest BCUT2D eigenvalue weighted by molar-refractivity contribution is 0.988. The molecule has 5 heterocycles. The van der Waals surface area contributed by atoms with Crippen LogP contribution in [0.1, 0.15) is 17.5 Å². The number of aromatic nitrogens is 6. The van der Waals surface area contributed by atoms with Crippen molar-refractivity contribution in [1.82, 2.24) is 29.1 Å². The Hall–Kier alpha value is -8.22. The van der Waals surface area contributed by atoms with Crippen LogP contribution in [0.4, 0.5) is 0 Å². The van der Waals surface area contributed by atoms with Crippen molar-refractivity contribution in [3.8, 4) is 45.5 Å². The second kappa shape index (κ2) is 13.7. The van der Waals surface area contributed by atoms with Crippen molar-refractivity contribution in [2.75, 3.05) is 0 Å².